The Hall–Kier alpha value is -3.15. The van der Waals surface area contributed by atoms with Gasteiger partial charge in [0.1, 0.15) is 5.75 Å². The molecule has 28 heavy (non-hydrogen) atoms. The van der Waals surface area contributed by atoms with Crippen molar-refractivity contribution in [3.05, 3.63) is 59.2 Å². The van der Waals surface area contributed by atoms with Gasteiger partial charge in [-0.05, 0) is 67.6 Å². The molecule has 0 aliphatic rings. The van der Waals surface area contributed by atoms with E-state index in [1.165, 1.54) is 6.21 Å². The summed E-state index contributed by atoms with van der Waals surface area (Å²) in [6, 6.07) is 13.1. The van der Waals surface area contributed by atoms with Gasteiger partial charge in [-0.2, -0.15) is 5.10 Å². The summed E-state index contributed by atoms with van der Waals surface area (Å²) >= 11 is 0. The molecule has 0 spiro atoms. The van der Waals surface area contributed by atoms with E-state index in [-0.39, 0.29) is 6.10 Å². The van der Waals surface area contributed by atoms with Crippen LogP contribution in [0.5, 0.6) is 5.75 Å². The molecule has 2 amide bonds. The summed E-state index contributed by atoms with van der Waals surface area (Å²) in [5, 5.41) is 6.57. The van der Waals surface area contributed by atoms with Crippen LogP contribution in [0.3, 0.4) is 0 Å². The summed E-state index contributed by atoms with van der Waals surface area (Å²) < 4.78 is 5.57. The molecule has 0 aliphatic carbocycles. The monoisotopic (exact) mass is 381 g/mol. The molecular weight excluding hydrogens is 354 g/mol. The molecule has 2 aromatic carbocycles. The molecule has 6 nitrogen and oxygen atoms in total. The summed E-state index contributed by atoms with van der Waals surface area (Å²) in [6.07, 6.45) is 3.10. The number of carbonyl (C=O) groups is 2. The van der Waals surface area contributed by atoms with Crippen LogP contribution in [-0.4, -0.2) is 24.1 Å². The number of ether oxygens (including phenoxy) is 1. The Kier molecular flexibility index (Phi) is 7.75. The van der Waals surface area contributed by atoms with Crippen LogP contribution in [0, 0.1) is 0 Å². The van der Waals surface area contributed by atoms with Crippen molar-refractivity contribution in [2.75, 3.05) is 5.32 Å². The van der Waals surface area contributed by atoms with Gasteiger partial charge in [0.15, 0.2) is 0 Å². The van der Waals surface area contributed by atoms with E-state index in [9.17, 15) is 9.59 Å². The predicted molar refractivity (Wildman–Crippen MR) is 112 cm³/mol. The number of aryl methyl sites for hydroxylation is 2. The highest BCUT2D eigenvalue weighted by atomic mass is 16.5. The van der Waals surface area contributed by atoms with Crippen LogP contribution in [0.1, 0.15) is 44.4 Å². The minimum absolute atomic E-state index is 0.100. The van der Waals surface area contributed by atoms with Crippen molar-refractivity contribution in [1.82, 2.24) is 5.43 Å². The van der Waals surface area contributed by atoms with Gasteiger partial charge in [0.05, 0.1) is 12.3 Å². The second-order valence-electron chi connectivity index (χ2n) is 6.55. The fourth-order valence-electron chi connectivity index (χ4n) is 2.69. The zero-order valence-electron chi connectivity index (χ0n) is 16.8. The second kappa shape index (κ2) is 10.3. The summed E-state index contributed by atoms with van der Waals surface area (Å²) in [4.78, 5) is 24.3. The number of hydrogen-bond donors (Lipinski definition) is 2. The van der Waals surface area contributed by atoms with E-state index in [2.05, 4.69) is 15.8 Å². The molecule has 0 fully saturated rings. The Morgan fingerprint density at radius 3 is 2.14 bits per heavy atom. The second-order valence-corrected chi connectivity index (χ2v) is 6.55. The highest BCUT2D eigenvalue weighted by Crippen LogP contribution is 2.22. The lowest BCUT2D eigenvalue weighted by molar-refractivity contribution is -0.136. The lowest BCUT2D eigenvalue weighted by atomic mass is 10.0. The van der Waals surface area contributed by atoms with Crippen LogP contribution in [0.15, 0.2) is 47.6 Å². The molecule has 0 bridgehead atoms. The molecule has 0 saturated heterocycles. The van der Waals surface area contributed by atoms with Gasteiger partial charge in [-0.1, -0.05) is 32.0 Å². The third kappa shape index (κ3) is 5.94. The number of hydrogen-bond acceptors (Lipinski definition) is 4. The van der Waals surface area contributed by atoms with Crippen molar-refractivity contribution in [3.8, 4) is 5.75 Å². The quantitative estimate of drug-likeness (QED) is 0.436. The van der Waals surface area contributed by atoms with Gasteiger partial charge in [-0.25, -0.2) is 5.43 Å². The van der Waals surface area contributed by atoms with Crippen LogP contribution < -0.4 is 15.5 Å². The van der Waals surface area contributed by atoms with E-state index in [0.717, 1.165) is 35.3 Å². The predicted octanol–water partition coefficient (Wildman–Crippen LogP) is 3.69. The fraction of sp³-hybridized carbons (Fsp3) is 0.318. The Morgan fingerprint density at radius 1 is 1.00 bits per heavy atom. The smallest absolute Gasteiger partial charge is 0.329 e. The largest absolute Gasteiger partial charge is 0.491 e. The van der Waals surface area contributed by atoms with E-state index in [4.69, 9.17) is 4.74 Å². The summed E-state index contributed by atoms with van der Waals surface area (Å²) in [7, 11) is 0. The number of hydrazone groups is 1. The number of nitrogens with one attached hydrogen (secondary N) is 2. The molecule has 2 rings (SSSR count). The Bertz CT molecular complexity index is 820. The normalized spacial score (nSPS) is 10.9. The molecule has 0 atom stereocenters. The maximum Gasteiger partial charge on any atom is 0.329 e. The summed E-state index contributed by atoms with van der Waals surface area (Å²) in [5.41, 5.74) is 5.73. The van der Waals surface area contributed by atoms with E-state index in [1.54, 1.807) is 0 Å². The Morgan fingerprint density at radius 2 is 1.61 bits per heavy atom. The van der Waals surface area contributed by atoms with Crippen molar-refractivity contribution < 1.29 is 14.3 Å². The van der Waals surface area contributed by atoms with Crippen molar-refractivity contribution in [2.24, 2.45) is 5.10 Å². The number of anilines is 1. The molecule has 0 aromatic heterocycles. The minimum Gasteiger partial charge on any atom is -0.491 e. The zero-order chi connectivity index (χ0) is 20.5. The number of nitrogens with zero attached hydrogens (tertiary/aromatic N) is 1. The Balaban J connectivity index is 1.96. The molecule has 0 unspecified atom stereocenters. The van der Waals surface area contributed by atoms with Crippen molar-refractivity contribution in [2.45, 2.75) is 46.6 Å². The molecule has 0 radical (unpaired) electrons. The summed E-state index contributed by atoms with van der Waals surface area (Å²) in [5.74, 6) is -0.797. The Labute approximate surface area is 166 Å². The van der Waals surface area contributed by atoms with Gasteiger partial charge in [0.25, 0.3) is 0 Å². The maximum absolute atomic E-state index is 12.2. The number of amides is 2. The third-order valence-corrected chi connectivity index (χ3v) is 4.08. The third-order valence-electron chi connectivity index (χ3n) is 4.08. The van der Waals surface area contributed by atoms with E-state index in [1.807, 2.05) is 70.2 Å². The molecule has 6 heteroatoms. The lowest BCUT2D eigenvalue weighted by Gasteiger charge is -2.13. The van der Waals surface area contributed by atoms with Gasteiger partial charge >= 0.3 is 11.8 Å². The fourth-order valence-corrected chi connectivity index (χ4v) is 2.69. The molecule has 2 N–H and O–H groups in total. The highest BCUT2D eigenvalue weighted by molar-refractivity contribution is 6.39. The van der Waals surface area contributed by atoms with Crippen LogP contribution in [0.4, 0.5) is 5.69 Å². The molecule has 2 aromatic rings. The molecule has 0 aliphatic heterocycles. The minimum atomic E-state index is -0.816. The number of benzene rings is 2. The van der Waals surface area contributed by atoms with Gasteiger partial charge in [0.2, 0.25) is 0 Å². The maximum atomic E-state index is 12.2. The van der Waals surface area contributed by atoms with Crippen molar-refractivity contribution >= 4 is 23.7 Å². The van der Waals surface area contributed by atoms with E-state index >= 15 is 0 Å². The SMILES string of the molecule is CCc1cccc(CC)c1NC(=O)C(=O)N/N=C\c1ccc(OC(C)C)cc1. The zero-order valence-corrected chi connectivity index (χ0v) is 16.8. The van der Waals surface area contributed by atoms with Crippen LogP contribution in [0.2, 0.25) is 0 Å². The van der Waals surface area contributed by atoms with Gasteiger partial charge < -0.3 is 10.1 Å². The van der Waals surface area contributed by atoms with Crippen molar-refractivity contribution in [1.29, 1.82) is 0 Å². The number of carbonyl (C=O) groups excluding carboxylic acids is 2. The standard InChI is InChI=1S/C22H27N3O3/c1-5-17-8-7-9-18(6-2)20(17)24-21(26)22(27)25-23-14-16-10-12-19(13-11-16)28-15(3)4/h7-15H,5-6H2,1-4H3,(H,24,26)(H,25,27)/b23-14-. The average molecular weight is 381 g/mol. The topological polar surface area (TPSA) is 79.8 Å². The molecular formula is C22H27N3O3. The summed E-state index contributed by atoms with van der Waals surface area (Å²) in [6.45, 7) is 7.93. The van der Waals surface area contributed by atoms with Gasteiger partial charge in [0, 0.05) is 5.69 Å². The lowest BCUT2D eigenvalue weighted by Crippen LogP contribution is -2.33. The first-order chi connectivity index (χ1) is 13.4. The van der Waals surface area contributed by atoms with Crippen molar-refractivity contribution in [3.63, 3.8) is 0 Å². The number of para-hydroxylation sites is 1. The van der Waals surface area contributed by atoms with E-state index in [0.29, 0.717) is 5.69 Å². The van der Waals surface area contributed by atoms with Gasteiger partial charge in [-0.15, -0.1) is 0 Å². The molecule has 0 saturated carbocycles. The van der Waals surface area contributed by atoms with Crippen LogP contribution in [-0.2, 0) is 22.4 Å². The van der Waals surface area contributed by atoms with Crippen LogP contribution >= 0.6 is 0 Å². The first kappa shape index (κ1) is 21.2. The number of rotatable bonds is 7. The average Bonchev–Trinajstić information content (AvgIpc) is 2.68. The molecule has 148 valence electrons. The first-order valence-corrected chi connectivity index (χ1v) is 9.46. The first-order valence-electron chi connectivity index (χ1n) is 9.46. The highest BCUT2D eigenvalue weighted by Gasteiger charge is 2.16. The van der Waals surface area contributed by atoms with E-state index < -0.39 is 11.8 Å². The van der Waals surface area contributed by atoms with Crippen LogP contribution in [0.25, 0.3) is 0 Å². The van der Waals surface area contributed by atoms with Gasteiger partial charge in [-0.3, -0.25) is 9.59 Å². The molecule has 0 heterocycles.